The van der Waals surface area contributed by atoms with E-state index in [1.54, 1.807) is 0 Å². The molecule has 1 amide bonds. The number of piperidine rings is 1. The van der Waals surface area contributed by atoms with E-state index in [-0.39, 0.29) is 24.4 Å². The Labute approximate surface area is 144 Å². The Hall–Kier alpha value is -1.14. The van der Waals surface area contributed by atoms with Crippen molar-refractivity contribution in [3.63, 3.8) is 0 Å². The highest BCUT2D eigenvalue weighted by atomic mass is 35.5. The molecule has 2 unspecified atom stereocenters. The number of aromatic nitrogens is 2. The summed E-state index contributed by atoms with van der Waals surface area (Å²) in [5, 5.41) is 3.93. The number of likely N-dealkylation sites (tertiary alicyclic amines) is 1. The predicted octanol–water partition coefficient (Wildman–Crippen LogP) is 2.35. The van der Waals surface area contributed by atoms with Crippen molar-refractivity contribution in [2.24, 2.45) is 11.7 Å². The van der Waals surface area contributed by atoms with Gasteiger partial charge in [-0.05, 0) is 38.5 Å². The van der Waals surface area contributed by atoms with E-state index in [2.05, 4.69) is 17.1 Å². The fraction of sp³-hybridized carbons (Fsp3) is 0.812. The van der Waals surface area contributed by atoms with E-state index in [4.69, 9.17) is 10.3 Å². The number of nitrogens with zero attached hydrogens (tertiary/aromatic N) is 3. The van der Waals surface area contributed by atoms with E-state index < -0.39 is 0 Å². The smallest absolute Gasteiger partial charge is 0.226 e. The standard InChI is InChI=1S/C16H28N4O2.ClH/c1-3-6-14-18-15(22-19-14)8-4-9-16(21)20-10-5-7-13(11-20)12(2)17;/h12-13H,3-11,17H2,1-2H3;1H. The van der Waals surface area contributed by atoms with Crippen LogP contribution in [-0.2, 0) is 17.6 Å². The van der Waals surface area contributed by atoms with Gasteiger partial charge in [0.05, 0.1) is 0 Å². The molecule has 2 N–H and O–H groups in total. The molecule has 1 fully saturated rings. The Kier molecular flexibility index (Phi) is 8.55. The third-order valence-corrected chi connectivity index (χ3v) is 4.32. The molecule has 7 heteroatoms. The van der Waals surface area contributed by atoms with E-state index in [0.717, 1.165) is 51.0 Å². The second kappa shape index (κ2) is 9.88. The van der Waals surface area contributed by atoms with Crippen LogP contribution < -0.4 is 5.73 Å². The first kappa shape index (κ1) is 19.9. The molecule has 1 aromatic rings. The molecule has 1 aliphatic heterocycles. The lowest BCUT2D eigenvalue weighted by molar-refractivity contribution is -0.133. The van der Waals surface area contributed by atoms with Gasteiger partial charge < -0.3 is 15.2 Å². The maximum absolute atomic E-state index is 12.3. The molecule has 0 radical (unpaired) electrons. The van der Waals surface area contributed by atoms with Gasteiger partial charge in [-0.25, -0.2) is 0 Å². The number of amides is 1. The molecule has 2 heterocycles. The number of halogens is 1. The summed E-state index contributed by atoms with van der Waals surface area (Å²) in [6.45, 7) is 5.78. The van der Waals surface area contributed by atoms with E-state index in [1.807, 2.05) is 11.8 Å². The van der Waals surface area contributed by atoms with Gasteiger partial charge in [0.2, 0.25) is 11.8 Å². The lowest BCUT2D eigenvalue weighted by atomic mass is 9.92. The van der Waals surface area contributed by atoms with Gasteiger partial charge >= 0.3 is 0 Å². The van der Waals surface area contributed by atoms with Gasteiger partial charge in [-0.3, -0.25) is 4.79 Å². The Morgan fingerprint density at radius 3 is 2.96 bits per heavy atom. The highest BCUT2D eigenvalue weighted by Crippen LogP contribution is 2.19. The Morgan fingerprint density at radius 1 is 1.48 bits per heavy atom. The normalized spacial score (nSPS) is 19.3. The van der Waals surface area contributed by atoms with Crippen molar-refractivity contribution in [3.05, 3.63) is 11.7 Å². The minimum absolute atomic E-state index is 0. The van der Waals surface area contributed by atoms with Crippen LogP contribution in [-0.4, -0.2) is 40.1 Å². The number of hydrogen-bond acceptors (Lipinski definition) is 5. The van der Waals surface area contributed by atoms with Crippen LogP contribution in [0, 0.1) is 5.92 Å². The molecular weight excluding hydrogens is 316 g/mol. The van der Waals surface area contributed by atoms with Crippen LogP contribution in [0.1, 0.15) is 57.7 Å². The van der Waals surface area contributed by atoms with Crippen molar-refractivity contribution in [2.75, 3.05) is 13.1 Å². The first-order valence-electron chi connectivity index (χ1n) is 8.45. The Morgan fingerprint density at radius 2 is 2.26 bits per heavy atom. The summed E-state index contributed by atoms with van der Waals surface area (Å²) in [6.07, 6.45) is 6.00. The van der Waals surface area contributed by atoms with Gasteiger partial charge in [-0.1, -0.05) is 12.1 Å². The molecule has 2 atom stereocenters. The zero-order chi connectivity index (χ0) is 15.9. The maximum atomic E-state index is 12.3. The highest BCUT2D eigenvalue weighted by molar-refractivity contribution is 5.85. The largest absolute Gasteiger partial charge is 0.342 e. The Balaban J connectivity index is 0.00000264. The second-order valence-electron chi connectivity index (χ2n) is 6.31. The fourth-order valence-corrected chi connectivity index (χ4v) is 2.93. The third kappa shape index (κ3) is 6.11. The second-order valence-corrected chi connectivity index (χ2v) is 6.31. The number of aryl methyl sites for hydroxylation is 2. The predicted molar refractivity (Wildman–Crippen MR) is 91.4 cm³/mol. The SMILES string of the molecule is CCCc1noc(CCCC(=O)N2CCCC(C(C)N)C2)n1.Cl. The van der Waals surface area contributed by atoms with Crippen LogP contribution in [0.3, 0.4) is 0 Å². The van der Waals surface area contributed by atoms with Crippen LogP contribution in [0.4, 0.5) is 0 Å². The van der Waals surface area contributed by atoms with Crippen molar-refractivity contribution < 1.29 is 9.32 Å². The van der Waals surface area contributed by atoms with Crippen LogP contribution in [0.5, 0.6) is 0 Å². The van der Waals surface area contributed by atoms with Gasteiger partial charge in [-0.15, -0.1) is 12.4 Å². The molecule has 1 saturated heterocycles. The molecule has 0 aliphatic carbocycles. The van der Waals surface area contributed by atoms with Crippen molar-refractivity contribution in [1.82, 2.24) is 15.0 Å². The molecule has 0 bridgehead atoms. The third-order valence-electron chi connectivity index (χ3n) is 4.32. The first-order chi connectivity index (χ1) is 10.6. The van der Waals surface area contributed by atoms with E-state index in [9.17, 15) is 4.79 Å². The van der Waals surface area contributed by atoms with E-state index in [0.29, 0.717) is 24.7 Å². The molecule has 1 aliphatic rings. The number of rotatable bonds is 7. The molecular formula is C16H29ClN4O2. The summed E-state index contributed by atoms with van der Waals surface area (Å²) in [5.74, 6) is 2.06. The summed E-state index contributed by atoms with van der Waals surface area (Å²) in [6, 6.07) is 0.158. The van der Waals surface area contributed by atoms with Crippen LogP contribution >= 0.6 is 12.4 Å². The zero-order valence-corrected chi connectivity index (χ0v) is 15.0. The van der Waals surface area contributed by atoms with Crippen molar-refractivity contribution in [3.8, 4) is 0 Å². The van der Waals surface area contributed by atoms with Gasteiger partial charge in [-0.2, -0.15) is 4.98 Å². The summed E-state index contributed by atoms with van der Waals surface area (Å²) >= 11 is 0. The molecule has 132 valence electrons. The minimum Gasteiger partial charge on any atom is -0.342 e. The van der Waals surface area contributed by atoms with Crippen LogP contribution in [0.25, 0.3) is 0 Å². The molecule has 23 heavy (non-hydrogen) atoms. The van der Waals surface area contributed by atoms with E-state index >= 15 is 0 Å². The van der Waals surface area contributed by atoms with Gasteiger partial charge in [0.1, 0.15) is 0 Å². The summed E-state index contributed by atoms with van der Waals surface area (Å²) in [5.41, 5.74) is 5.97. The zero-order valence-electron chi connectivity index (χ0n) is 14.2. The van der Waals surface area contributed by atoms with Crippen molar-refractivity contribution >= 4 is 18.3 Å². The fourth-order valence-electron chi connectivity index (χ4n) is 2.93. The summed E-state index contributed by atoms with van der Waals surface area (Å²) < 4.78 is 5.19. The van der Waals surface area contributed by atoms with Gasteiger partial charge in [0.25, 0.3) is 0 Å². The molecule has 2 rings (SSSR count). The van der Waals surface area contributed by atoms with Gasteiger partial charge in [0, 0.05) is 38.4 Å². The summed E-state index contributed by atoms with van der Waals surface area (Å²) in [4.78, 5) is 18.6. The molecule has 1 aromatic heterocycles. The quantitative estimate of drug-likeness (QED) is 0.820. The Bertz CT molecular complexity index is 478. The first-order valence-corrected chi connectivity index (χ1v) is 8.45. The molecule has 0 aromatic carbocycles. The minimum atomic E-state index is 0. The lowest BCUT2D eigenvalue weighted by Crippen LogP contribution is -2.45. The monoisotopic (exact) mass is 344 g/mol. The molecule has 0 spiro atoms. The maximum Gasteiger partial charge on any atom is 0.226 e. The highest BCUT2D eigenvalue weighted by Gasteiger charge is 2.25. The number of carbonyl (C=O) groups excluding carboxylic acids is 1. The summed E-state index contributed by atoms with van der Waals surface area (Å²) in [7, 11) is 0. The van der Waals surface area contributed by atoms with E-state index in [1.165, 1.54) is 0 Å². The topological polar surface area (TPSA) is 85.2 Å². The van der Waals surface area contributed by atoms with Crippen molar-refractivity contribution in [2.45, 2.75) is 64.8 Å². The number of carbonyl (C=O) groups is 1. The average molecular weight is 345 g/mol. The lowest BCUT2D eigenvalue weighted by Gasteiger charge is -2.34. The molecule has 0 saturated carbocycles. The van der Waals surface area contributed by atoms with Crippen LogP contribution in [0.15, 0.2) is 4.52 Å². The van der Waals surface area contributed by atoms with Crippen molar-refractivity contribution in [1.29, 1.82) is 0 Å². The average Bonchev–Trinajstić information content (AvgIpc) is 2.95. The van der Waals surface area contributed by atoms with Crippen LogP contribution in [0.2, 0.25) is 0 Å². The number of hydrogen-bond donors (Lipinski definition) is 1. The van der Waals surface area contributed by atoms with Gasteiger partial charge in [0.15, 0.2) is 5.82 Å². The molecule has 6 nitrogen and oxygen atoms in total. The number of nitrogens with two attached hydrogens (primary N) is 1.